The number of carbonyl (C=O) groups excluding carboxylic acids is 1. The van der Waals surface area contributed by atoms with Crippen LogP contribution in [0.1, 0.15) is 10.4 Å². The normalized spacial score (nSPS) is 9.30. The Morgan fingerprint density at radius 3 is 2.70 bits per heavy atom. The fourth-order valence-corrected chi connectivity index (χ4v) is 0.882. The number of halogens is 1. The molecule has 2 radical (unpaired) electrons. The largest absolute Gasteiger partial charge is 0.298 e. The number of carbonyl (C=O) groups is 1. The number of hydrogen-bond donors (Lipinski definition) is 0. The highest BCUT2D eigenvalue weighted by Gasteiger charge is 1.93. The van der Waals surface area contributed by atoms with E-state index in [0.717, 1.165) is 10.8 Å². The van der Waals surface area contributed by atoms with Crippen molar-refractivity contribution < 1.29 is 4.79 Å². The molecule has 0 aliphatic carbocycles. The SMILES string of the molecule is [B]c1cc(C=O)ccc1Br. The van der Waals surface area contributed by atoms with E-state index in [1.165, 1.54) is 0 Å². The van der Waals surface area contributed by atoms with Crippen LogP contribution in [-0.2, 0) is 0 Å². The van der Waals surface area contributed by atoms with Gasteiger partial charge in [0.05, 0.1) is 0 Å². The van der Waals surface area contributed by atoms with Crippen LogP contribution in [0.4, 0.5) is 0 Å². The molecule has 0 atom stereocenters. The zero-order chi connectivity index (χ0) is 7.56. The first-order valence-corrected chi connectivity index (χ1v) is 3.53. The summed E-state index contributed by atoms with van der Waals surface area (Å²) in [5.74, 6) is 0. The monoisotopic (exact) mass is 194 g/mol. The molecular formula is C7H4BBrO. The number of aldehydes is 1. The molecule has 10 heavy (non-hydrogen) atoms. The molecule has 1 aromatic rings. The molecule has 0 aliphatic rings. The van der Waals surface area contributed by atoms with E-state index in [1.54, 1.807) is 18.2 Å². The Labute approximate surface area is 69.0 Å². The Hall–Kier alpha value is -0.565. The van der Waals surface area contributed by atoms with Crippen LogP contribution < -0.4 is 5.46 Å². The van der Waals surface area contributed by atoms with Gasteiger partial charge >= 0.3 is 0 Å². The van der Waals surface area contributed by atoms with Gasteiger partial charge in [-0.3, -0.25) is 4.79 Å². The van der Waals surface area contributed by atoms with Gasteiger partial charge in [0.2, 0.25) is 0 Å². The van der Waals surface area contributed by atoms with Crippen molar-refractivity contribution in [2.75, 3.05) is 0 Å². The Balaban J connectivity index is 3.16. The maximum absolute atomic E-state index is 10.2. The maximum atomic E-state index is 10.2. The van der Waals surface area contributed by atoms with E-state index in [9.17, 15) is 4.79 Å². The third-order valence-electron chi connectivity index (χ3n) is 1.16. The van der Waals surface area contributed by atoms with Gasteiger partial charge in [-0.1, -0.05) is 33.5 Å². The van der Waals surface area contributed by atoms with Crippen molar-refractivity contribution >= 4 is 35.5 Å². The van der Waals surface area contributed by atoms with Crippen molar-refractivity contribution in [3.63, 3.8) is 0 Å². The first kappa shape index (κ1) is 7.54. The van der Waals surface area contributed by atoms with Crippen molar-refractivity contribution in [3.05, 3.63) is 28.2 Å². The van der Waals surface area contributed by atoms with Crippen LogP contribution in [0.2, 0.25) is 0 Å². The highest BCUT2D eigenvalue weighted by atomic mass is 79.9. The average Bonchev–Trinajstić information content (AvgIpc) is 1.95. The molecule has 0 aliphatic heterocycles. The number of hydrogen-bond acceptors (Lipinski definition) is 1. The predicted molar refractivity (Wildman–Crippen MR) is 44.9 cm³/mol. The maximum Gasteiger partial charge on any atom is 0.150 e. The van der Waals surface area contributed by atoms with E-state index >= 15 is 0 Å². The summed E-state index contributed by atoms with van der Waals surface area (Å²) in [7, 11) is 5.49. The third kappa shape index (κ3) is 1.48. The van der Waals surface area contributed by atoms with Crippen LogP contribution in [-0.4, -0.2) is 14.1 Å². The van der Waals surface area contributed by atoms with Gasteiger partial charge in [0.25, 0.3) is 0 Å². The highest BCUT2D eigenvalue weighted by Crippen LogP contribution is 2.05. The van der Waals surface area contributed by atoms with Gasteiger partial charge in [-0.2, -0.15) is 0 Å². The number of rotatable bonds is 1. The molecule has 0 fully saturated rings. The van der Waals surface area contributed by atoms with Crippen LogP contribution in [0.5, 0.6) is 0 Å². The summed E-state index contributed by atoms with van der Waals surface area (Å²) < 4.78 is 0.818. The minimum Gasteiger partial charge on any atom is -0.298 e. The van der Waals surface area contributed by atoms with Crippen LogP contribution in [0.3, 0.4) is 0 Å². The van der Waals surface area contributed by atoms with Crippen LogP contribution >= 0.6 is 15.9 Å². The first-order chi connectivity index (χ1) is 4.74. The van der Waals surface area contributed by atoms with Gasteiger partial charge in [0.15, 0.2) is 0 Å². The molecule has 0 amide bonds. The van der Waals surface area contributed by atoms with Crippen molar-refractivity contribution in [2.24, 2.45) is 0 Å². The van der Waals surface area contributed by atoms with Gasteiger partial charge in [0, 0.05) is 10.0 Å². The van der Waals surface area contributed by atoms with Crippen LogP contribution in [0.25, 0.3) is 0 Å². The molecule has 0 spiro atoms. The summed E-state index contributed by atoms with van der Waals surface area (Å²) in [4.78, 5) is 10.2. The molecule has 0 unspecified atom stereocenters. The smallest absolute Gasteiger partial charge is 0.150 e. The lowest BCUT2D eigenvalue weighted by atomic mass is 9.95. The minimum absolute atomic E-state index is 0.588. The van der Waals surface area contributed by atoms with Crippen LogP contribution in [0, 0.1) is 0 Å². The molecule has 1 rings (SSSR count). The second-order valence-corrected chi connectivity index (χ2v) is 2.75. The van der Waals surface area contributed by atoms with Crippen molar-refractivity contribution in [1.29, 1.82) is 0 Å². The molecule has 0 bridgehead atoms. The second kappa shape index (κ2) is 3.02. The fourth-order valence-electron chi connectivity index (χ4n) is 0.636. The summed E-state index contributed by atoms with van der Waals surface area (Å²) >= 11 is 3.22. The molecule has 0 aromatic heterocycles. The number of benzene rings is 1. The molecule has 1 nitrogen and oxygen atoms in total. The lowest BCUT2D eigenvalue weighted by Gasteiger charge is -1.96. The van der Waals surface area contributed by atoms with E-state index in [1.807, 2.05) is 0 Å². The zero-order valence-corrected chi connectivity index (χ0v) is 6.76. The molecular weight excluding hydrogens is 191 g/mol. The summed E-state index contributed by atoms with van der Waals surface area (Å²) in [6.45, 7) is 0. The van der Waals surface area contributed by atoms with E-state index < -0.39 is 0 Å². The summed E-state index contributed by atoms with van der Waals surface area (Å²) in [6.07, 6.45) is 0.767. The fraction of sp³-hybridized carbons (Fsp3) is 0. The quantitative estimate of drug-likeness (QED) is 0.483. The minimum atomic E-state index is 0.588. The summed E-state index contributed by atoms with van der Waals surface area (Å²) in [5.41, 5.74) is 1.19. The van der Waals surface area contributed by atoms with Gasteiger partial charge < -0.3 is 0 Å². The van der Waals surface area contributed by atoms with Gasteiger partial charge in [-0.05, 0) is 6.07 Å². The molecule has 1 aromatic carbocycles. The molecule has 48 valence electrons. The van der Waals surface area contributed by atoms with Gasteiger partial charge in [-0.15, -0.1) is 0 Å². The van der Waals surface area contributed by atoms with Crippen molar-refractivity contribution in [1.82, 2.24) is 0 Å². The molecule has 0 saturated heterocycles. The van der Waals surface area contributed by atoms with Crippen molar-refractivity contribution in [2.45, 2.75) is 0 Å². The lowest BCUT2D eigenvalue weighted by molar-refractivity contribution is 0.112. The zero-order valence-electron chi connectivity index (χ0n) is 5.17. The molecule has 0 heterocycles. The van der Waals surface area contributed by atoms with Gasteiger partial charge in [0.1, 0.15) is 14.1 Å². The van der Waals surface area contributed by atoms with Crippen LogP contribution in [0.15, 0.2) is 22.7 Å². The predicted octanol–water partition coefficient (Wildman–Crippen LogP) is 1.06. The van der Waals surface area contributed by atoms with E-state index in [-0.39, 0.29) is 0 Å². The Morgan fingerprint density at radius 1 is 1.50 bits per heavy atom. The molecule has 0 saturated carbocycles. The lowest BCUT2D eigenvalue weighted by Crippen LogP contribution is -2.04. The van der Waals surface area contributed by atoms with E-state index in [4.69, 9.17) is 7.85 Å². The third-order valence-corrected chi connectivity index (χ3v) is 1.88. The summed E-state index contributed by atoms with van der Waals surface area (Å²) in [5, 5.41) is 0. The second-order valence-electron chi connectivity index (χ2n) is 1.90. The Bertz CT molecular complexity index is 260. The molecule has 3 heteroatoms. The first-order valence-electron chi connectivity index (χ1n) is 2.74. The topological polar surface area (TPSA) is 17.1 Å². The van der Waals surface area contributed by atoms with Gasteiger partial charge in [-0.25, -0.2) is 0 Å². The van der Waals surface area contributed by atoms with Crippen molar-refractivity contribution in [3.8, 4) is 0 Å². The molecule has 0 N–H and O–H groups in total. The Morgan fingerprint density at radius 2 is 2.20 bits per heavy atom. The van der Waals surface area contributed by atoms with E-state index in [2.05, 4.69) is 15.9 Å². The average molecular weight is 195 g/mol. The highest BCUT2D eigenvalue weighted by molar-refractivity contribution is 9.10. The summed E-state index contributed by atoms with van der Waals surface area (Å²) in [6, 6.07) is 5.07. The van der Waals surface area contributed by atoms with E-state index in [0.29, 0.717) is 11.0 Å². The Kier molecular flexibility index (Phi) is 2.27. The standard InChI is InChI=1S/C7H4BBrO/c8-6-3-5(4-10)1-2-7(6)9/h1-4H.